The molecule has 0 spiro atoms. The summed E-state index contributed by atoms with van der Waals surface area (Å²) in [5.41, 5.74) is 3.64. The zero-order valence-corrected chi connectivity index (χ0v) is 15.5. The number of nitrogens with zero attached hydrogens (tertiary/aromatic N) is 1. The summed E-state index contributed by atoms with van der Waals surface area (Å²) in [5.74, 6) is 6.27. The lowest BCUT2D eigenvalue weighted by Gasteiger charge is -2.25. The largest absolute Gasteiger partial charge is 0.322 e. The molecule has 3 aromatic carbocycles. The Morgan fingerprint density at radius 1 is 0.852 bits per heavy atom. The molecule has 0 fully saturated rings. The van der Waals surface area contributed by atoms with Crippen LogP contribution in [-0.2, 0) is 0 Å². The summed E-state index contributed by atoms with van der Waals surface area (Å²) in [6.07, 6.45) is 0. The number of rotatable bonds is 3. The van der Waals surface area contributed by atoms with Gasteiger partial charge in [-0.25, -0.2) is 4.79 Å². The van der Waals surface area contributed by atoms with Crippen molar-refractivity contribution < 1.29 is 4.79 Å². The Morgan fingerprint density at radius 2 is 1.44 bits per heavy atom. The van der Waals surface area contributed by atoms with Gasteiger partial charge in [-0.1, -0.05) is 66.4 Å². The average molecular weight is 354 g/mol. The fraction of sp³-hybridized carbons (Fsp3) is 0.125. The molecule has 3 aromatic rings. The van der Waals surface area contributed by atoms with E-state index in [1.54, 1.807) is 11.9 Å². The lowest BCUT2D eigenvalue weighted by atomic mass is 10.1. The molecule has 3 rings (SSSR count). The van der Waals surface area contributed by atoms with Gasteiger partial charge in [-0.2, -0.15) is 0 Å². The van der Waals surface area contributed by atoms with E-state index < -0.39 is 0 Å². The number of carbonyl (C=O) groups is 1. The Labute approximate surface area is 160 Å². The Kier molecular flexibility index (Phi) is 5.91. The second-order valence-electron chi connectivity index (χ2n) is 6.32. The van der Waals surface area contributed by atoms with E-state index in [2.05, 4.69) is 17.2 Å². The molecule has 0 aliphatic heterocycles. The van der Waals surface area contributed by atoms with Crippen LogP contribution in [0.3, 0.4) is 0 Å². The lowest BCUT2D eigenvalue weighted by molar-refractivity contribution is 0.208. The molecule has 1 atom stereocenters. The minimum absolute atomic E-state index is 0.0211. The molecular weight excluding hydrogens is 332 g/mol. The summed E-state index contributed by atoms with van der Waals surface area (Å²) >= 11 is 0. The summed E-state index contributed by atoms with van der Waals surface area (Å²) in [6, 6.07) is 27.2. The number of carbonyl (C=O) groups excluding carboxylic acids is 1. The van der Waals surface area contributed by atoms with Gasteiger partial charge in [0.2, 0.25) is 0 Å². The van der Waals surface area contributed by atoms with Crippen LogP contribution in [0, 0.1) is 11.8 Å². The van der Waals surface area contributed by atoms with Crippen LogP contribution in [0.4, 0.5) is 10.5 Å². The third kappa shape index (κ3) is 4.99. The zero-order valence-electron chi connectivity index (χ0n) is 15.5. The van der Waals surface area contributed by atoms with Gasteiger partial charge in [-0.15, -0.1) is 0 Å². The van der Waals surface area contributed by atoms with Crippen molar-refractivity contribution in [2.45, 2.75) is 13.0 Å². The van der Waals surface area contributed by atoms with Gasteiger partial charge in [-0.3, -0.25) is 0 Å². The highest BCUT2D eigenvalue weighted by atomic mass is 16.2. The maximum atomic E-state index is 12.6. The number of benzene rings is 3. The van der Waals surface area contributed by atoms with Crippen LogP contribution in [0.5, 0.6) is 0 Å². The number of hydrogen-bond donors (Lipinski definition) is 1. The Bertz CT molecular complexity index is 956. The van der Waals surface area contributed by atoms with Crippen molar-refractivity contribution in [3.63, 3.8) is 0 Å². The first-order chi connectivity index (χ1) is 13.1. The molecule has 1 N–H and O–H groups in total. The molecule has 0 aromatic heterocycles. The van der Waals surface area contributed by atoms with E-state index >= 15 is 0 Å². The Balaban J connectivity index is 1.69. The highest BCUT2D eigenvalue weighted by molar-refractivity contribution is 5.89. The van der Waals surface area contributed by atoms with Crippen LogP contribution in [0.1, 0.15) is 29.7 Å². The van der Waals surface area contributed by atoms with Crippen molar-refractivity contribution in [3.8, 4) is 11.8 Å². The molecule has 134 valence electrons. The zero-order chi connectivity index (χ0) is 19.1. The van der Waals surface area contributed by atoms with Crippen molar-refractivity contribution in [3.05, 3.63) is 102 Å². The maximum absolute atomic E-state index is 12.6. The van der Waals surface area contributed by atoms with Crippen molar-refractivity contribution in [1.82, 2.24) is 4.90 Å². The number of amides is 2. The predicted octanol–water partition coefficient (Wildman–Crippen LogP) is 5.31. The average Bonchev–Trinajstić information content (AvgIpc) is 2.73. The van der Waals surface area contributed by atoms with Crippen LogP contribution in [0.2, 0.25) is 0 Å². The van der Waals surface area contributed by atoms with Gasteiger partial charge in [0.1, 0.15) is 0 Å². The molecule has 0 saturated heterocycles. The molecular formula is C24H22N2O. The monoisotopic (exact) mass is 354 g/mol. The van der Waals surface area contributed by atoms with Crippen molar-refractivity contribution in [1.29, 1.82) is 0 Å². The molecule has 0 aliphatic rings. The molecule has 27 heavy (non-hydrogen) atoms. The van der Waals surface area contributed by atoms with Gasteiger partial charge >= 0.3 is 6.03 Å². The summed E-state index contributed by atoms with van der Waals surface area (Å²) < 4.78 is 0. The normalized spacial score (nSPS) is 11.0. The van der Waals surface area contributed by atoms with E-state index in [1.807, 2.05) is 91.9 Å². The Hall–Kier alpha value is -3.51. The van der Waals surface area contributed by atoms with E-state index in [0.29, 0.717) is 0 Å². The fourth-order valence-corrected chi connectivity index (χ4v) is 2.68. The van der Waals surface area contributed by atoms with Crippen molar-refractivity contribution in [2.24, 2.45) is 0 Å². The predicted molar refractivity (Wildman–Crippen MR) is 111 cm³/mol. The summed E-state index contributed by atoms with van der Waals surface area (Å²) in [6.45, 7) is 2.01. The number of anilines is 1. The molecule has 2 amide bonds. The first-order valence-electron chi connectivity index (χ1n) is 8.89. The third-order valence-corrected chi connectivity index (χ3v) is 4.42. The summed E-state index contributed by atoms with van der Waals surface area (Å²) in [5, 5.41) is 2.95. The second kappa shape index (κ2) is 8.73. The first kappa shape index (κ1) is 18.3. The topological polar surface area (TPSA) is 32.3 Å². The lowest BCUT2D eigenvalue weighted by Crippen LogP contribution is -2.33. The van der Waals surface area contributed by atoms with Gasteiger partial charge in [0.15, 0.2) is 0 Å². The molecule has 0 radical (unpaired) electrons. The Morgan fingerprint density at radius 3 is 2.15 bits per heavy atom. The number of hydrogen-bond acceptors (Lipinski definition) is 1. The van der Waals surface area contributed by atoms with Gasteiger partial charge in [0, 0.05) is 23.9 Å². The maximum Gasteiger partial charge on any atom is 0.322 e. The van der Waals surface area contributed by atoms with Crippen LogP contribution >= 0.6 is 0 Å². The number of urea groups is 1. The molecule has 1 unspecified atom stereocenters. The van der Waals surface area contributed by atoms with Gasteiger partial charge in [0.25, 0.3) is 0 Å². The van der Waals surface area contributed by atoms with Crippen LogP contribution in [-0.4, -0.2) is 18.0 Å². The van der Waals surface area contributed by atoms with Crippen molar-refractivity contribution >= 4 is 11.7 Å². The van der Waals surface area contributed by atoms with E-state index in [9.17, 15) is 4.79 Å². The summed E-state index contributed by atoms with van der Waals surface area (Å²) in [4.78, 5) is 14.3. The smallest absolute Gasteiger partial charge is 0.321 e. The minimum atomic E-state index is -0.153. The van der Waals surface area contributed by atoms with Gasteiger partial charge in [-0.05, 0) is 42.8 Å². The van der Waals surface area contributed by atoms with E-state index in [-0.39, 0.29) is 12.1 Å². The molecule has 0 saturated carbocycles. The SMILES string of the molecule is CC(c1ccccc1)N(C)C(=O)Nc1cccc(C#Cc2ccccc2)c1. The van der Waals surface area contributed by atoms with Crippen LogP contribution in [0.15, 0.2) is 84.9 Å². The quantitative estimate of drug-likeness (QED) is 0.635. The highest BCUT2D eigenvalue weighted by Crippen LogP contribution is 2.19. The fourth-order valence-electron chi connectivity index (χ4n) is 2.68. The molecule has 3 nitrogen and oxygen atoms in total. The van der Waals surface area contributed by atoms with Crippen LogP contribution < -0.4 is 5.32 Å². The van der Waals surface area contributed by atoms with Gasteiger partial charge in [0.05, 0.1) is 6.04 Å². The number of nitrogens with one attached hydrogen (secondary N) is 1. The highest BCUT2D eigenvalue weighted by Gasteiger charge is 2.17. The standard InChI is InChI=1S/C24H22N2O/c1-19(22-13-7-4-8-14-22)26(2)24(27)25-23-15-9-12-21(18-23)17-16-20-10-5-3-6-11-20/h3-15,18-19H,1-2H3,(H,25,27). The van der Waals surface area contributed by atoms with E-state index in [4.69, 9.17) is 0 Å². The molecule has 3 heteroatoms. The van der Waals surface area contributed by atoms with E-state index in [1.165, 1.54) is 0 Å². The second-order valence-corrected chi connectivity index (χ2v) is 6.32. The molecule has 0 heterocycles. The molecule has 0 aliphatic carbocycles. The van der Waals surface area contributed by atoms with E-state index in [0.717, 1.165) is 22.4 Å². The molecule has 0 bridgehead atoms. The van der Waals surface area contributed by atoms with Gasteiger partial charge < -0.3 is 10.2 Å². The first-order valence-corrected chi connectivity index (χ1v) is 8.89. The minimum Gasteiger partial charge on any atom is -0.321 e. The van der Waals surface area contributed by atoms with Crippen LogP contribution in [0.25, 0.3) is 0 Å². The summed E-state index contributed by atoms with van der Waals surface area (Å²) in [7, 11) is 1.80. The van der Waals surface area contributed by atoms with Crippen molar-refractivity contribution in [2.75, 3.05) is 12.4 Å². The third-order valence-electron chi connectivity index (χ3n) is 4.42.